The van der Waals surface area contributed by atoms with Crippen molar-refractivity contribution in [2.75, 3.05) is 35.9 Å². The number of amides is 1. The van der Waals surface area contributed by atoms with E-state index in [-0.39, 0.29) is 22.7 Å². The van der Waals surface area contributed by atoms with E-state index in [0.29, 0.717) is 13.2 Å². The molecule has 0 spiro atoms. The molecule has 0 atom stereocenters. The fraction of sp³-hybridized carbons (Fsp3) is 0.217. The second-order valence-electron chi connectivity index (χ2n) is 7.42. The molecule has 0 radical (unpaired) electrons. The molecule has 1 saturated heterocycles. The van der Waals surface area contributed by atoms with Crippen molar-refractivity contribution in [3.8, 4) is 0 Å². The summed E-state index contributed by atoms with van der Waals surface area (Å²) < 4.78 is 46.7. The number of ether oxygens (including phenoxy) is 1. The Labute approximate surface area is 191 Å². The van der Waals surface area contributed by atoms with Crippen LogP contribution in [0.25, 0.3) is 0 Å². The number of aromatic nitrogens is 1. The van der Waals surface area contributed by atoms with Gasteiger partial charge in [-0.2, -0.15) is 0 Å². The minimum Gasteiger partial charge on any atom is -0.378 e. The minimum atomic E-state index is -4.07. The highest BCUT2D eigenvalue weighted by atomic mass is 32.2. The van der Waals surface area contributed by atoms with Gasteiger partial charge in [-0.25, -0.2) is 17.8 Å². The Balaban J connectivity index is 1.43. The third-order valence-electron chi connectivity index (χ3n) is 5.12. The molecule has 8 nitrogen and oxygen atoms in total. The summed E-state index contributed by atoms with van der Waals surface area (Å²) in [6.45, 7) is 3.06. The number of morpholine rings is 1. The van der Waals surface area contributed by atoms with E-state index in [9.17, 15) is 17.6 Å². The van der Waals surface area contributed by atoms with Crippen LogP contribution in [-0.4, -0.2) is 45.6 Å². The molecule has 2 N–H and O–H groups in total. The highest BCUT2D eigenvalue weighted by molar-refractivity contribution is 7.92. The number of sulfonamides is 1. The maximum Gasteiger partial charge on any atom is 0.262 e. The number of nitrogens with one attached hydrogen (secondary N) is 2. The number of hydrogen-bond acceptors (Lipinski definition) is 6. The highest BCUT2D eigenvalue weighted by Gasteiger charge is 2.18. The van der Waals surface area contributed by atoms with E-state index in [4.69, 9.17) is 4.74 Å². The number of anilines is 2. The van der Waals surface area contributed by atoms with Crippen molar-refractivity contribution in [1.29, 1.82) is 0 Å². The van der Waals surface area contributed by atoms with Crippen LogP contribution in [0.15, 0.2) is 71.8 Å². The van der Waals surface area contributed by atoms with Crippen LogP contribution in [0.5, 0.6) is 0 Å². The van der Waals surface area contributed by atoms with E-state index in [1.165, 1.54) is 42.5 Å². The molecule has 1 amide bonds. The second-order valence-corrected chi connectivity index (χ2v) is 9.10. The second kappa shape index (κ2) is 9.97. The first kappa shape index (κ1) is 22.7. The lowest BCUT2D eigenvalue weighted by Crippen LogP contribution is -2.36. The number of benzene rings is 2. The van der Waals surface area contributed by atoms with Gasteiger partial charge in [-0.3, -0.25) is 9.52 Å². The van der Waals surface area contributed by atoms with Crippen LogP contribution in [0.1, 0.15) is 15.9 Å². The fourth-order valence-electron chi connectivity index (χ4n) is 3.37. The summed E-state index contributed by atoms with van der Waals surface area (Å²) in [5.74, 6) is -0.302. The summed E-state index contributed by atoms with van der Waals surface area (Å²) in [5.41, 5.74) is 0.875. The maximum absolute atomic E-state index is 13.8. The molecule has 3 aromatic rings. The Hall–Kier alpha value is -3.50. The molecule has 1 aromatic heterocycles. The molecule has 172 valence electrons. The molecule has 10 heteroatoms. The zero-order valence-electron chi connectivity index (χ0n) is 17.7. The van der Waals surface area contributed by atoms with Crippen molar-refractivity contribution in [1.82, 2.24) is 10.3 Å². The minimum absolute atomic E-state index is 0.142. The average Bonchev–Trinajstić information content (AvgIpc) is 2.85. The van der Waals surface area contributed by atoms with Gasteiger partial charge in [-0.05, 0) is 48.0 Å². The lowest BCUT2D eigenvalue weighted by atomic mass is 10.2. The molecule has 1 fully saturated rings. The first-order chi connectivity index (χ1) is 15.9. The van der Waals surface area contributed by atoms with Gasteiger partial charge in [-0.1, -0.05) is 18.2 Å². The van der Waals surface area contributed by atoms with Gasteiger partial charge in [0.25, 0.3) is 15.9 Å². The third kappa shape index (κ3) is 5.65. The lowest BCUT2D eigenvalue weighted by molar-refractivity contribution is 0.0950. The predicted octanol–water partition coefficient (Wildman–Crippen LogP) is 2.79. The van der Waals surface area contributed by atoms with Gasteiger partial charge in [0.05, 0.1) is 23.8 Å². The van der Waals surface area contributed by atoms with E-state index in [2.05, 4.69) is 19.9 Å². The number of pyridine rings is 1. The maximum atomic E-state index is 13.8. The van der Waals surface area contributed by atoms with E-state index < -0.39 is 21.7 Å². The van der Waals surface area contributed by atoms with Crippen LogP contribution in [0.4, 0.5) is 15.9 Å². The van der Waals surface area contributed by atoms with Crippen molar-refractivity contribution < 1.29 is 22.3 Å². The van der Waals surface area contributed by atoms with Gasteiger partial charge in [0.2, 0.25) is 0 Å². The fourth-order valence-corrected chi connectivity index (χ4v) is 4.49. The van der Waals surface area contributed by atoms with Crippen molar-refractivity contribution in [3.63, 3.8) is 0 Å². The monoisotopic (exact) mass is 470 g/mol. The van der Waals surface area contributed by atoms with E-state index in [0.717, 1.165) is 30.5 Å². The predicted molar refractivity (Wildman–Crippen MR) is 122 cm³/mol. The van der Waals surface area contributed by atoms with Gasteiger partial charge in [0, 0.05) is 31.4 Å². The van der Waals surface area contributed by atoms with Crippen LogP contribution in [0.3, 0.4) is 0 Å². The van der Waals surface area contributed by atoms with Crippen LogP contribution in [0, 0.1) is 5.82 Å². The molecule has 0 bridgehead atoms. The van der Waals surface area contributed by atoms with Crippen molar-refractivity contribution in [3.05, 3.63) is 83.8 Å². The summed E-state index contributed by atoms with van der Waals surface area (Å²) in [4.78, 5) is 19.0. The van der Waals surface area contributed by atoms with Gasteiger partial charge in [-0.15, -0.1) is 0 Å². The summed E-state index contributed by atoms with van der Waals surface area (Å²) in [5, 5.41) is 2.80. The van der Waals surface area contributed by atoms with E-state index >= 15 is 0 Å². The molecule has 0 aliphatic carbocycles. The Morgan fingerprint density at radius 1 is 1.06 bits per heavy atom. The normalized spacial score (nSPS) is 14.0. The molecule has 33 heavy (non-hydrogen) atoms. The zero-order valence-corrected chi connectivity index (χ0v) is 18.5. The highest BCUT2D eigenvalue weighted by Crippen LogP contribution is 2.20. The molecule has 2 aromatic carbocycles. The number of halogens is 1. The molecule has 0 unspecified atom stereocenters. The zero-order chi connectivity index (χ0) is 23.3. The average molecular weight is 471 g/mol. The Kier molecular flexibility index (Phi) is 6.85. The summed E-state index contributed by atoms with van der Waals surface area (Å²) >= 11 is 0. The van der Waals surface area contributed by atoms with Gasteiger partial charge in [0.15, 0.2) is 0 Å². The quantitative estimate of drug-likeness (QED) is 0.551. The number of nitrogens with zero attached hydrogens (tertiary/aromatic N) is 2. The van der Waals surface area contributed by atoms with Crippen molar-refractivity contribution in [2.24, 2.45) is 0 Å². The molecule has 2 heterocycles. The largest absolute Gasteiger partial charge is 0.378 e. The van der Waals surface area contributed by atoms with E-state index in [1.54, 1.807) is 6.20 Å². The van der Waals surface area contributed by atoms with Gasteiger partial charge < -0.3 is 15.0 Å². The van der Waals surface area contributed by atoms with Gasteiger partial charge >= 0.3 is 0 Å². The molecular formula is C23H23FN4O4S. The molecule has 1 aliphatic heterocycles. The van der Waals surface area contributed by atoms with E-state index in [1.807, 2.05) is 12.1 Å². The number of carbonyl (C=O) groups excluding carboxylic acids is 1. The van der Waals surface area contributed by atoms with Crippen LogP contribution >= 0.6 is 0 Å². The summed E-state index contributed by atoms with van der Waals surface area (Å²) in [6, 6.07) is 14.8. The number of rotatable bonds is 7. The third-order valence-corrected chi connectivity index (χ3v) is 6.49. The van der Waals surface area contributed by atoms with Gasteiger partial charge in [0.1, 0.15) is 11.6 Å². The smallest absolute Gasteiger partial charge is 0.262 e. The van der Waals surface area contributed by atoms with Crippen LogP contribution < -0.4 is 14.9 Å². The molecule has 1 aliphatic rings. The Bertz CT molecular complexity index is 1250. The topological polar surface area (TPSA) is 101 Å². The standard InChI is InChI=1S/C23H23FN4O4S/c24-20-6-1-2-7-21(20)27-33(30,31)19-5-3-4-18(15-19)23(29)26-16-17-8-9-25-22(14-17)28-10-12-32-13-11-28/h1-9,14-15,27H,10-13,16H2,(H,26,29). The Morgan fingerprint density at radius 3 is 2.64 bits per heavy atom. The summed E-state index contributed by atoms with van der Waals surface area (Å²) in [6.07, 6.45) is 1.69. The Morgan fingerprint density at radius 2 is 1.85 bits per heavy atom. The first-order valence-electron chi connectivity index (χ1n) is 10.4. The van der Waals surface area contributed by atoms with Crippen molar-refractivity contribution >= 4 is 27.4 Å². The molecular weight excluding hydrogens is 447 g/mol. The molecule has 4 rings (SSSR count). The van der Waals surface area contributed by atoms with Crippen LogP contribution in [-0.2, 0) is 21.3 Å². The van der Waals surface area contributed by atoms with Crippen LogP contribution in [0.2, 0.25) is 0 Å². The molecule has 0 saturated carbocycles. The number of para-hydroxylation sites is 1. The summed E-state index contributed by atoms with van der Waals surface area (Å²) in [7, 11) is -4.07. The first-order valence-corrected chi connectivity index (χ1v) is 11.8. The number of carbonyl (C=O) groups is 1. The lowest BCUT2D eigenvalue weighted by Gasteiger charge is -2.28. The van der Waals surface area contributed by atoms with Crippen molar-refractivity contribution in [2.45, 2.75) is 11.4 Å². The number of hydrogen-bond donors (Lipinski definition) is 2. The SMILES string of the molecule is O=C(NCc1ccnc(N2CCOCC2)c1)c1cccc(S(=O)(=O)Nc2ccccc2F)c1.